The Morgan fingerprint density at radius 2 is 1.73 bits per heavy atom. The van der Waals surface area contributed by atoms with E-state index in [9.17, 15) is 4.79 Å². The Kier molecular flexibility index (Phi) is 7.79. The Bertz CT molecular complexity index is 1050. The van der Waals surface area contributed by atoms with Crippen LogP contribution in [0.25, 0.3) is 0 Å². The normalized spacial score (nSPS) is 10.4. The lowest BCUT2D eigenvalue weighted by Gasteiger charge is -2.15. The highest BCUT2D eigenvalue weighted by molar-refractivity contribution is 7.99. The number of thioether (sulfide) groups is 1. The molecule has 0 aliphatic carbocycles. The number of thiocarbonyl (C=S) groups is 1. The zero-order chi connectivity index (χ0) is 21.5. The standard InChI is InChI=1S/C23H22N2O2S3/c1-15-7-10-18(11-8-15)30-21-12-9-16(22(26)27-2)13-20(21)25-23(28)24-17-5-4-6-19(14-17)29-3/h4-14H,1-3H3,(H2,24,25,28). The van der Waals surface area contributed by atoms with E-state index < -0.39 is 5.97 Å². The van der Waals surface area contributed by atoms with E-state index in [1.165, 1.54) is 12.7 Å². The van der Waals surface area contributed by atoms with Crippen molar-refractivity contribution in [1.29, 1.82) is 0 Å². The van der Waals surface area contributed by atoms with Crippen molar-refractivity contribution in [2.75, 3.05) is 24.0 Å². The summed E-state index contributed by atoms with van der Waals surface area (Å²) in [5.74, 6) is -0.392. The molecule has 0 aliphatic rings. The molecule has 0 unspecified atom stereocenters. The summed E-state index contributed by atoms with van der Waals surface area (Å²) in [5.41, 5.74) is 3.30. The first-order valence-electron chi connectivity index (χ1n) is 9.17. The number of carbonyl (C=O) groups excluding carboxylic acids is 1. The van der Waals surface area contributed by atoms with E-state index in [0.717, 1.165) is 26.1 Å². The van der Waals surface area contributed by atoms with Crippen LogP contribution in [0.3, 0.4) is 0 Å². The maximum absolute atomic E-state index is 12.0. The number of ether oxygens (including phenoxy) is 1. The molecule has 0 amide bonds. The van der Waals surface area contributed by atoms with E-state index in [1.807, 2.05) is 36.6 Å². The van der Waals surface area contributed by atoms with E-state index in [-0.39, 0.29) is 0 Å². The third kappa shape index (κ3) is 6.01. The molecule has 3 rings (SSSR count). The summed E-state index contributed by atoms with van der Waals surface area (Å²) in [4.78, 5) is 15.2. The number of benzene rings is 3. The number of hydrogen-bond donors (Lipinski definition) is 2. The first-order chi connectivity index (χ1) is 14.5. The van der Waals surface area contributed by atoms with E-state index >= 15 is 0 Å². The second-order valence-electron chi connectivity index (χ2n) is 6.43. The lowest BCUT2D eigenvalue weighted by Crippen LogP contribution is -2.20. The van der Waals surface area contributed by atoms with Crippen molar-refractivity contribution < 1.29 is 9.53 Å². The smallest absolute Gasteiger partial charge is 0.337 e. The van der Waals surface area contributed by atoms with Gasteiger partial charge in [0.2, 0.25) is 0 Å². The average molecular weight is 455 g/mol. The van der Waals surface area contributed by atoms with Crippen LogP contribution in [0.1, 0.15) is 15.9 Å². The van der Waals surface area contributed by atoms with Crippen LogP contribution in [0, 0.1) is 6.92 Å². The quantitative estimate of drug-likeness (QED) is 0.252. The highest BCUT2D eigenvalue weighted by Gasteiger charge is 2.12. The van der Waals surface area contributed by atoms with Crippen LogP contribution in [0.15, 0.2) is 81.4 Å². The molecular weight excluding hydrogens is 432 g/mol. The molecule has 0 bridgehead atoms. The number of methoxy groups -OCH3 is 1. The van der Waals surface area contributed by atoms with Crippen molar-refractivity contribution in [3.8, 4) is 0 Å². The number of nitrogens with one attached hydrogen (secondary N) is 2. The summed E-state index contributed by atoms with van der Waals surface area (Å²) in [7, 11) is 1.37. The van der Waals surface area contributed by atoms with Gasteiger partial charge in [0, 0.05) is 20.4 Å². The molecule has 0 saturated heterocycles. The third-order valence-electron chi connectivity index (χ3n) is 4.23. The van der Waals surface area contributed by atoms with Gasteiger partial charge in [-0.25, -0.2) is 4.79 Å². The van der Waals surface area contributed by atoms with Crippen molar-refractivity contribution in [2.24, 2.45) is 0 Å². The van der Waals surface area contributed by atoms with Gasteiger partial charge in [-0.3, -0.25) is 0 Å². The summed E-state index contributed by atoms with van der Waals surface area (Å²) >= 11 is 8.79. The minimum absolute atomic E-state index is 0.392. The van der Waals surface area contributed by atoms with Crippen molar-refractivity contribution in [3.05, 3.63) is 77.9 Å². The lowest BCUT2D eigenvalue weighted by molar-refractivity contribution is 0.0600. The van der Waals surface area contributed by atoms with Crippen molar-refractivity contribution in [2.45, 2.75) is 21.6 Å². The molecule has 154 valence electrons. The van der Waals surface area contributed by atoms with Gasteiger partial charge < -0.3 is 15.4 Å². The highest BCUT2D eigenvalue weighted by atomic mass is 32.2. The Hall–Kier alpha value is -2.48. The summed E-state index contributed by atoms with van der Waals surface area (Å²) in [6.45, 7) is 2.06. The van der Waals surface area contributed by atoms with Gasteiger partial charge >= 0.3 is 5.97 Å². The Labute approximate surface area is 190 Å². The molecule has 7 heteroatoms. The van der Waals surface area contributed by atoms with E-state index in [2.05, 4.69) is 41.8 Å². The molecule has 0 atom stereocenters. The zero-order valence-corrected chi connectivity index (χ0v) is 19.3. The third-order valence-corrected chi connectivity index (χ3v) is 6.24. The maximum atomic E-state index is 12.0. The van der Waals surface area contributed by atoms with E-state index in [4.69, 9.17) is 17.0 Å². The van der Waals surface area contributed by atoms with Gasteiger partial charge in [-0.2, -0.15) is 0 Å². The molecule has 0 fully saturated rings. The topological polar surface area (TPSA) is 50.4 Å². The van der Waals surface area contributed by atoms with Gasteiger partial charge in [-0.15, -0.1) is 11.8 Å². The molecule has 0 radical (unpaired) electrons. The van der Waals surface area contributed by atoms with Gasteiger partial charge in [0.15, 0.2) is 5.11 Å². The number of aryl methyl sites for hydroxylation is 1. The SMILES string of the molecule is COC(=O)c1ccc(Sc2ccc(C)cc2)c(NC(=S)Nc2cccc(SC)c2)c1. The number of carbonyl (C=O) groups is 1. The fourth-order valence-electron chi connectivity index (χ4n) is 2.68. The number of rotatable bonds is 6. The summed E-state index contributed by atoms with van der Waals surface area (Å²) in [6, 6.07) is 21.7. The largest absolute Gasteiger partial charge is 0.465 e. The van der Waals surface area contributed by atoms with E-state index in [0.29, 0.717) is 10.7 Å². The number of anilines is 2. The minimum atomic E-state index is -0.392. The van der Waals surface area contributed by atoms with Crippen molar-refractivity contribution in [3.63, 3.8) is 0 Å². The predicted octanol–water partition coefficient (Wildman–Crippen LogP) is 6.46. The van der Waals surface area contributed by atoms with E-state index in [1.54, 1.807) is 35.7 Å². The fraction of sp³-hybridized carbons (Fsp3) is 0.130. The number of hydrogen-bond acceptors (Lipinski definition) is 5. The summed E-state index contributed by atoms with van der Waals surface area (Å²) < 4.78 is 4.86. The highest BCUT2D eigenvalue weighted by Crippen LogP contribution is 2.34. The van der Waals surface area contributed by atoms with Crippen LogP contribution >= 0.6 is 35.7 Å². The van der Waals surface area contributed by atoms with Gasteiger partial charge in [-0.05, 0) is 73.9 Å². The Morgan fingerprint density at radius 3 is 2.43 bits per heavy atom. The molecule has 0 aliphatic heterocycles. The summed E-state index contributed by atoms with van der Waals surface area (Å²) in [6.07, 6.45) is 2.03. The molecule has 0 saturated carbocycles. The molecule has 0 aromatic heterocycles. The molecule has 3 aromatic carbocycles. The molecular formula is C23H22N2O2S3. The van der Waals surface area contributed by atoms with Crippen LogP contribution in [0.5, 0.6) is 0 Å². The van der Waals surface area contributed by atoms with Crippen LogP contribution in [0.4, 0.5) is 11.4 Å². The molecule has 30 heavy (non-hydrogen) atoms. The predicted molar refractivity (Wildman–Crippen MR) is 131 cm³/mol. The lowest BCUT2D eigenvalue weighted by atomic mass is 10.2. The van der Waals surface area contributed by atoms with Gasteiger partial charge in [0.05, 0.1) is 18.4 Å². The average Bonchev–Trinajstić information content (AvgIpc) is 2.76. The van der Waals surface area contributed by atoms with Gasteiger partial charge in [0.25, 0.3) is 0 Å². The number of esters is 1. The fourth-order valence-corrected chi connectivity index (χ4v) is 4.25. The minimum Gasteiger partial charge on any atom is -0.465 e. The van der Waals surface area contributed by atoms with Crippen molar-refractivity contribution >= 4 is 58.2 Å². The van der Waals surface area contributed by atoms with Crippen LogP contribution < -0.4 is 10.6 Å². The first kappa shape index (κ1) is 22.2. The molecule has 0 heterocycles. The second-order valence-corrected chi connectivity index (χ2v) is 8.83. The zero-order valence-electron chi connectivity index (χ0n) is 16.9. The molecule has 2 N–H and O–H groups in total. The van der Waals surface area contributed by atoms with Crippen molar-refractivity contribution in [1.82, 2.24) is 0 Å². The van der Waals surface area contributed by atoms with Crippen LogP contribution in [-0.4, -0.2) is 24.4 Å². The molecule has 3 aromatic rings. The Balaban J connectivity index is 1.84. The molecule has 0 spiro atoms. The Morgan fingerprint density at radius 1 is 0.967 bits per heavy atom. The maximum Gasteiger partial charge on any atom is 0.337 e. The van der Waals surface area contributed by atoms with Crippen LogP contribution in [-0.2, 0) is 4.74 Å². The van der Waals surface area contributed by atoms with Crippen LogP contribution in [0.2, 0.25) is 0 Å². The second kappa shape index (κ2) is 10.5. The first-order valence-corrected chi connectivity index (χ1v) is 11.6. The monoisotopic (exact) mass is 454 g/mol. The summed E-state index contributed by atoms with van der Waals surface area (Å²) in [5, 5.41) is 6.89. The van der Waals surface area contributed by atoms with Gasteiger partial charge in [0.1, 0.15) is 0 Å². The van der Waals surface area contributed by atoms with Gasteiger partial charge in [-0.1, -0.05) is 35.5 Å². The molecule has 4 nitrogen and oxygen atoms in total.